The average molecular weight is 568 g/mol. The van der Waals surface area contributed by atoms with Crippen molar-refractivity contribution in [2.75, 3.05) is 26.5 Å². The number of benzene rings is 3. The number of nitrogens with zero attached hydrogens (tertiary/aromatic N) is 4. The molecule has 0 aliphatic heterocycles. The third kappa shape index (κ3) is 10.6. The van der Waals surface area contributed by atoms with Crippen LogP contribution >= 0.6 is 23.4 Å². The van der Waals surface area contributed by atoms with Gasteiger partial charge in [0.25, 0.3) is 0 Å². The highest BCUT2D eigenvalue weighted by atomic mass is 35.5. The first kappa shape index (κ1) is 31.6. The zero-order valence-corrected chi connectivity index (χ0v) is 24.1. The predicted molar refractivity (Wildman–Crippen MR) is 158 cm³/mol. The smallest absolute Gasteiger partial charge is 0.230 e. The molecule has 39 heavy (non-hydrogen) atoms. The summed E-state index contributed by atoms with van der Waals surface area (Å²) in [6, 6.07) is 27.2. The number of hydrogen-bond donors (Lipinski definition) is 2. The second-order valence-electron chi connectivity index (χ2n) is 8.36. The molecule has 4 aromatic rings. The van der Waals surface area contributed by atoms with E-state index in [9.17, 15) is 9.59 Å². The highest BCUT2D eigenvalue weighted by molar-refractivity contribution is 7.99. The van der Waals surface area contributed by atoms with Gasteiger partial charge in [-0.2, -0.15) is 0 Å². The van der Waals surface area contributed by atoms with Crippen molar-refractivity contribution in [1.82, 2.24) is 25.0 Å². The largest absolute Gasteiger partial charge is 0.397 e. The molecule has 0 fully saturated rings. The van der Waals surface area contributed by atoms with Crippen molar-refractivity contribution in [2.24, 2.45) is 0 Å². The predicted octanol–water partition coefficient (Wildman–Crippen LogP) is 5.26. The van der Waals surface area contributed by atoms with E-state index < -0.39 is 0 Å². The first-order chi connectivity index (χ1) is 18.8. The van der Waals surface area contributed by atoms with E-state index in [0.29, 0.717) is 16.0 Å². The summed E-state index contributed by atoms with van der Waals surface area (Å²) < 4.78 is 1.96. The summed E-state index contributed by atoms with van der Waals surface area (Å²) in [4.78, 5) is 23.4. The number of aliphatic hydroxyl groups is 1. The number of amides is 2. The number of rotatable bonds is 8. The van der Waals surface area contributed by atoms with Crippen LogP contribution in [0.4, 0.5) is 0 Å². The van der Waals surface area contributed by atoms with E-state index in [2.05, 4.69) is 15.5 Å². The lowest BCUT2D eigenvalue weighted by Gasteiger charge is -2.14. The van der Waals surface area contributed by atoms with Crippen molar-refractivity contribution in [3.05, 3.63) is 95.5 Å². The number of para-hydroxylation sites is 1. The van der Waals surface area contributed by atoms with Crippen molar-refractivity contribution in [3.63, 3.8) is 0 Å². The van der Waals surface area contributed by atoms with Gasteiger partial charge < -0.3 is 15.3 Å². The lowest BCUT2D eigenvalue weighted by molar-refractivity contribution is -0.119. The number of carbonyl (C=O) groups excluding carboxylic acids is 2. The molecule has 1 unspecified atom stereocenters. The summed E-state index contributed by atoms with van der Waals surface area (Å²) in [5.74, 6) is 0.878. The zero-order valence-electron chi connectivity index (χ0n) is 22.5. The average Bonchev–Trinajstić information content (AvgIpc) is 3.38. The molecule has 0 radical (unpaired) electrons. The van der Waals surface area contributed by atoms with Crippen molar-refractivity contribution >= 4 is 35.7 Å². The minimum absolute atomic E-state index is 0.0583. The van der Waals surface area contributed by atoms with Gasteiger partial charge in [-0.1, -0.05) is 71.9 Å². The molecular weight excluding hydrogens is 534 g/mol. The minimum Gasteiger partial charge on any atom is -0.397 e. The fraction of sp³-hybridized carbons (Fsp3) is 0.241. The van der Waals surface area contributed by atoms with Gasteiger partial charge in [0.1, 0.15) is 0 Å². The van der Waals surface area contributed by atoms with Gasteiger partial charge in [0.05, 0.1) is 11.8 Å². The Bertz CT molecular complexity index is 1270. The molecule has 3 aromatic carbocycles. The molecule has 1 aromatic heterocycles. The molecule has 4 rings (SSSR count). The fourth-order valence-corrected chi connectivity index (χ4v) is 4.09. The Morgan fingerprint density at radius 2 is 1.56 bits per heavy atom. The van der Waals surface area contributed by atoms with Gasteiger partial charge >= 0.3 is 0 Å². The number of aromatic nitrogens is 3. The molecule has 206 valence electrons. The molecule has 0 aliphatic rings. The van der Waals surface area contributed by atoms with Gasteiger partial charge in [-0.15, -0.1) is 10.2 Å². The van der Waals surface area contributed by atoms with Crippen LogP contribution in [-0.4, -0.2) is 63.5 Å². The van der Waals surface area contributed by atoms with Gasteiger partial charge in [-0.05, 0) is 55.8 Å². The quantitative estimate of drug-likeness (QED) is 0.222. The number of halogens is 1. The SMILES string of the molecule is CC(NC(=O)CSc1nnc(-c2ccc(Cl)cc2)n1-c1ccccc1)c1ccccc1.CCO.CN(C)C=O. The monoisotopic (exact) mass is 567 g/mol. The maximum Gasteiger partial charge on any atom is 0.230 e. The van der Waals surface area contributed by atoms with Gasteiger partial charge in [0.2, 0.25) is 12.3 Å². The Morgan fingerprint density at radius 1 is 1.03 bits per heavy atom. The normalized spacial score (nSPS) is 10.7. The number of nitrogens with one attached hydrogen (secondary N) is 1. The van der Waals surface area contributed by atoms with Crippen molar-refractivity contribution in [3.8, 4) is 17.1 Å². The second-order valence-corrected chi connectivity index (χ2v) is 9.74. The summed E-state index contributed by atoms with van der Waals surface area (Å²) >= 11 is 7.40. The lowest BCUT2D eigenvalue weighted by atomic mass is 10.1. The molecule has 0 saturated carbocycles. The molecule has 2 N–H and O–H groups in total. The maximum atomic E-state index is 12.6. The highest BCUT2D eigenvalue weighted by Crippen LogP contribution is 2.28. The van der Waals surface area contributed by atoms with Crippen molar-refractivity contribution in [1.29, 1.82) is 0 Å². The standard InChI is InChI=1S/C24H21ClN4OS.C3H7NO.C2H6O/c1-17(18-8-4-2-5-9-18)26-22(30)16-31-24-28-27-23(19-12-14-20(25)15-13-19)29(24)21-10-6-3-7-11-21;1-4(2)3-5;1-2-3/h2-15,17H,16H2,1H3,(H,26,30);3H,1-2H3;3H,2H2,1H3. The van der Waals surface area contributed by atoms with E-state index in [0.717, 1.165) is 23.2 Å². The molecule has 0 bridgehead atoms. The summed E-state index contributed by atoms with van der Waals surface area (Å²) in [6.45, 7) is 3.91. The number of carbonyl (C=O) groups is 2. The molecule has 0 aliphatic carbocycles. The van der Waals surface area contributed by atoms with Crippen LogP contribution in [0.2, 0.25) is 5.02 Å². The molecular formula is C29H34ClN5O3S. The van der Waals surface area contributed by atoms with Crippen LogP contribution in [0.3, 0.4) is 0 Å². The summed E-state index contributed by atoms with van der Waals surface area (Å²) in [5.41, 5.74) is 2.89. The summed E-state index contributed by atoms with van der Waals surface area (Å²) in [7, 11) is 3.38. The molecule has 2 amide bonds. The first-order valence-corrected chi connectivity index (χ1v) is 13.6. The highest BCUT2D eigenvalue weighted by Gasteiger charge is 2.18. The first-order valence-electron chi connectivity index (χ1n) is 12.3. The van der Waals surface area contributed by atoms with Crippen LogP contribution in [0.15, 0.2) is 90.1 Å². The van der Waals surface area contributed by atoms with Gasteiger partial charge in [0.15, 0.2) is 11.0 Å². The van der Waals surface area contributed by atoms with E-state index in [4.69, 9.17) is 16.7 Å². The second kappa shape index (κ2) is 17.0. The zero-order chi connectivity index (χ0) is 28.6. The Hall–Kier alpha value is -3.66. The van der Waals surface area contributed by atoms with Crippen LogP contribution in [0.25, 0.3) is 17.1 Å². The van der Waals surface area contributed by atoms with E-state index in [1.54, 1.807) is 21.0 Å². The van der Waals surface area contributed by atoms with Gasteiger partial charge in [-0.3, -0.25) is 14.2 Å². The van der Waals surface area contributed by atoms with Crippen LogP contribution in [0.1, 0.15) is 25.5 Å². The molecule has 0 spiro atoms. The lowest BCUT2D eigenvalue weighted by Crippen LogP contribution is -2.28. The minimum atomic E-state index is -0.0640. The van der Waals surface area contributed by atoms with Crippen molar-refractivity contribution < 1.29 is 14.7 Å². The van der Waals surface area contributed by atoms with Crippen LogP contribution < -0.4 is 5.32 Å². The van der Waals surface area contributed by atoms with Gasteiger partial charge in [-0.25, -0.2) is 0 Å². The third-order valence-corrected chi connectivity index (χ3v) is 6.15. The van der Waals surface area contributed by atoms with Crippen LogP contribution in [-0.2, 0) is 9.59 Å². The Kier molecular flexibility index (Phi) is 13.8. The number of hydrogen-bond acceptors (Lipinski definition) is 6. The summed E-state index contributed by atoms with van der Waals surface area (Å²) in [6.07, 6.45) is 0.750. The Labute approximate surface area is 239 Å². The summed E-state index contributed by atoms with van der Waals surface area (Å²) in [5, 5.41) is 20.7. The van der Waals surface area contributed by atoms with E-state index in [1.165, 1.54) is 16.7 Å². The van der Waals surface area contributed by atoms with E-state index in [-0.39, 0.29) is 24.3 Å². The van der Waals surface area contributed by atoms with Gasteiger partial charge in [0, 0.05) is 37.0 Å². The molecule has 1 atom stereocenters. The van der Waals surface area contributed by atoms with E-state index in [1.807, 2.05) is 96.4 Å². The molecule has 1 heterocycles. The molecule has 8 nitrogen and oxygen atoms in total. The van der Waals surface area contributed by atoms with Crippen molar-refractivity contribution in [2.45, 2.75) is 25.0 Å². The van der Waals surface area contributed by atoms with Crippen LogP contribution in [0.5, 0.6) is 0 Å². The number of thioether (sulfide) groups is 1. The maximum absolute atomic E-state index is 12.6. The fourth-order valence-electron chi connectivity index (χ4n) is 3.20. The van der Waals surface area contributed by atoms with Crippen LogP contribution in [0, 0.1) is 0 Å². The Balaban J connectivity index is 0.000000590. The topological polar surface area (TPSA) is 100 Å². The Morgan fingerprint density at radius 3 is 2.10 bits per heavy atom. The molecule has 10 heteroatoms. The number of aliphatic hydroxyl groups excluding tert-OH is 1. The van der Waals surface area contributed by atoms with E-state index >= 15 is 0 Å². The molecule has 0 saturated heterocycles. The third-order valence-electron chi connectivity index (χ3n) is 4.97.